The summed E-state index contributed by atoms with van der Waals surface area (Å²) < 4.78 is 40.4. The molecule has 94 valence electrons. The molecule has 18 heavy (non-hydrogen) atoms. The van der Waals surface area contributed by atoms with Gasteiger partial charge in [-0.2, -0.15) is 0 Å². The largest absolute Gasteiger partial charge is 0.573 e. The van der Waals surface area contributed by atoms with Crippen molar-refractivity contribution < 1.29 is 17.9 Å². The van der Waals surface area contributed by atoms with E-state index in [1.165, 1.54) is 12.1 Å². The highest BCUT2D eigenvalue weighted by Crippen LogP contribution is 2.35. The van der Waals surface area contributed by atoms with E-state index >= 15 is 0 Å². The van der Waals surface area contributed by atoms with Gasteiger partial charge in [-0.25, -0.2) is 0 Å². The first-order valence-electron chi connectivity index (χ1n) is 5.17. The Balaban J connectivity index is 2.43. The molecule has 2 aromatic carbocycles. The second-order valence-corrected chi connectivity index (χ2v) is 3.63. The van der Waals surface area contributed by atoms with Crippen LogP contribution in [0.3, 0.4) is 0 Å². The summed E-state index contributed by atoms with van der Waals surface area (Å²) in [4.78, 5) is 0. The summed E-state index contributed by atoms with van der Waals surface area (Å²) in [5.41, 5.74) is 6.92. The van der Waals surface area contributed by atoms with Crippen LogP contribution in [-0.2, 0) is 0 Å². The second kappa shape index (κ2) is 4.60. The van der Waals surface area contributed by atoms with Crippen LogP contribution in [0.25, 0.3) is 11.1 Å². The Morgan fingerprint density at radius 3 is 2.17 bits per heavy atom. The molecule has 0 aliphatic heterocycles. The number of nitrogen functional groups attached to an aromatic ring is 1. The molecule has 0 saturated heterocycles. The number of hydrogen-bond acceptors (Lipinski definition) is 2. The van der Waals surface area contributed by atoms with Crippen LogP contribution < -0.4 is 10.5 Å². The van der Waals surface area contributed by atoms with E-state index in [1.54, 1.807) is 30.3 Å². The Hall–Kier alpha value is -2.17. The van der Waals surface area contributed by atoms with Gasteiger partial charge in [0.25, 0.3) is 0 Å². The minimum atomic E-state index is -4.75. The molecule has 0 fully saturated rings. The lowest BCUT2D eigenvalue weighted by molar-refractivity contribution is -0.274. The highest BCUT2D eigenvalue weighted by molar-refractivity contribution is 5.80. The lowest BCUT2D eigenvalue weighted by atomic mass is 10.0. The van der Waals surface area contributed by atoms with Gasteiger partial charge in [-0.3, -0.25) is 0 Å². The third kappa shape index (κ3) is 2.74. The third-order valence-electron chi connectivity index (χ3n) is 2.38. The maximum Gasteiger partial charge on any atom is 0.573 e. The van der Waals surface area contributed by atoms with Gasteiger partial charge >= 0.3 is 6.36 Å². The highest BCUT2D eigenvalue weighted by Gasteiger charge is 2.32. The summed E-state index contributed by atoms with van der Waals surface area (Å²) in [6.07, 6.45) is -4.75. The van der Waals surface area contributed by atoms with Gasteiger partial charge in [0.15, 0.2) is 5.75 Å². The normalized spacial score (nSPS) is 11.3. The fraction of sp³-hybridized carbons (Fsp3) is 0.0769. The van der Waals surface area contributed by atoms with Gasteiger partial charge in [0, 0.05) is 5.56 Å². The van der Waals surface area contributed by atoms with Crippen molar-refractivity contribution in [2.45, 2.75) is 6.36 Å². The summed E-state index contributed by atoms with van der Waals surface area (Å²) in [6, 6.07) is 13.2. The minimum Gasteiger partial charge on any atom is -0.404 e. The third-order valence-corrected chi connectivity index (χ3v) is 2.38. The van der Waals surface area contributed by atoms with E-state index in [-0.39, 0.29) is 11.4 Å². The number of anilines is 1. The van der Waals surface area contributed by atoms with E-state index in [4.69, 9.17) is 5.73 Å². The Labute approximate surface area is 102 Å². The summed E-state index contributed by atoms with van der Waals surface area (Å²) in [6.45, 7) is 0. The molecule has 5 heteroatoms. The maximum atomic E-state index is 12.2. The number of halogens is 3. The fourth-order valence-electron chi connectivity index (χ4n) is 1.63. The van der Waals surface area contributed by atoms with Crippen LogP contribution in [0, 0.1) is 0 Å². The van der Waals surface area contributed by atoms with Gasteiger partial charge in [0.2, 0.25) is 0 Å². The van der Waals surface area contributed by atoms with E-state index in [2.05, 4.69) is 4.74 Å². The molecule has 0 amide bonds. The summed E-state index contributed by atoms with van der Waals surface area (Å²) in [7, 11) is 0. The molecule has 0 radical (unpaired) electrons. The zero-order chi connectivity index (χ0) is 13.2. The predicted molar refractivity (Wildman–Crippen MR) is 63.0 cm³/mol. The SMILES string of the molecule is Nc1c(OC(F)(F)F)cccc1-c1ccccc1. The van der Waals surface area contributed by atoms with Crippen molar-refractivity contribution in [3.63, 3.8) is 0 Å². The molecule has 0 saturated carbocycles. The smallest absolute Gasteiger partial charge is 0.404 e. The van der Waals surface area contributed by atoms with Crippen LogP contribution in [0.4, 0.5) is 18.9 Å². The van der Waals surface area contributed by atoms with Crippen LogP contribution in [0.5, 0.6) is 5.75 Å². The maximum absolute atomic E-state index is 12.2. The van der Waals surface area contributed by atoms with Crippen molar-refractivity contribution in [3.05, 3.63) is 48.5 Å². The molecular formula is C13H10F3NO. The molecule has 0 bridgehead atoms. The molecule has 2 rings (SSSR count). The molecular weight excluding hydrogens is 243 g/mol. The van der Waals surface area contributed by atoms with E-state index < -0.39 is 6.36 Å². The lowest BCUT2D eigenvalue weighted by Crippen LogP contribution is -2.18. The molecule has 0 aromatic heterocycles. The fourth-order valence-corrected chi connectivity index (χ4v) is 1.63. The van der Waals surface area contributed by atoms with Crippen molar-refractivity contribution in [1.82, 2.24) is 0 Å². The first kappa shape index (κ1) is 12.3. The molecule has 2 nitrogen and oxygen atoms in total. The zero-order valence-corrected chi connectivity index (χ0v) is 9.24. The van der Waals surface area contributed by atoms with Crippen molar-refractivity contribution in [2.75, 3.05) is 5.73 Å². The average molecular weight is 253 g/mol. The van der Waals surface area contributed by atoms with Crippen molar-refractivity contribution in [2.24, 2.45) is 0 Å². The summed E-state index contributed by atoms with van der Waals surface area (Å²) in [5, 5.41) is 0. The zero-order valence-electron chi connectivity index (χ0n) is 9.24. The molecule has 0 unspecified atom stereocenters. The van der Waals surface area contributed by atoms with Gasteiger partial charge in [0.05, 0.1) is 5.69 Å². The van der Waals surface area contributed by atoms with Gasteiger partial charge in [-0.1, -0.05) is 42.5 Å². The molecule has 2 aromatic rings. The summed E-state index contributed by atoms with van der Waals surface area (Å²) in [5.74, 6) is -0.385. The molecule has 0 spiro atoms. The topological polar surface area (TPSA) is 35.2 Å². The minimum absolute atomic E-state index is 0.0268. The Morgan fingerprint density at radius 1 is 0.889 bits per heavy atom. The Bertz CT molecular complexity index is 538. The Morgan fingerprint density at radius 2 is 1.56 bits per heavy atom. The second-order valence-electron chi connectivity index (χ2n) is 3.63. The average Bonchev–Trinajstić information content (AvgIpc) is 2.31. The van der Waals surface area contributed by atoms with E-state index in [0.29, 0.717) is 5.56 Å². The first-order chi connectivity index (χ1) is 8.47. The van der Waals surface area contributed by atoms with Gasteiger partial charge in [-0.15, -0.1) is 13.2 Å². The number of rotatable bonds is 2. The summed E-state index contributed by atoms with van der Waals surface area (Å²) >= 11 is 0. The highest BCUT2D eigenvalue weighted by atomic mass is 19.4. The number of hydrogen-bond donors (Lipinski definition) is 1. The number of benzene rings is 2. The van der Waals surface area contributed by atoms with Crippen molar-refractivity contribution in [1.29, 1.82) is 0 Å². The van der Waals surface area contributed by atoms with Crippen molar-refractivity contribution in [3.8, 4) is 16.9 Å². The van der Waals surface area contributed by atoms with Gasteiger partial charge in [0.1, 0.15) is 0 Å². The molecule has 0 heterocycles. The molecule has 0 atom stereocenters. The van der Waals surface area contributed by atoms with Crippen LogP contribution in [-0.4, -0.2) is 6.36 Å². The number of ether oxygens (including phenoxy) is 1. The molecule has 0 aliphatic rings. The van der Waals surface area contributed by atoms with E-state index in [1.807, 2.05) is 6.07 Å². The van der Waals surface area contributed by atoms with Gasteiger partial charge < -0.3 is 10.5 Å². The first-order valence-corrected chi connectivity index (χ1v) is 5.17. The number of nitrogens with two attached hydrogens (primary N) is 1. The molecule has 2 N–H and O–H groups in total. The number of para-hydroxylation sites is 1. The molecule has 0 aliphatic carbocycles. The van der Waals surface area contributed by atoms with Crippen LogP contribution in [0.2, 0.25) is 0 Å². The van der Waals surface area contributed by atoms with E-state index in [0.717, 1.165) is 5.56 Å². The standard InChI is InChI=1S/C13H10F3NO/c14-13(15,16)18-11-8-4-7-10(12(11)17)9-5-2-1-3-6-9/h1-8H,17H2. The van der Waals surface area contributed by atoms with Gasteiger partial charge in [-0.05, 0) is 11.6 Å². The van der Waals surface area contributed by atoms with Crippen LogP contribution >= 0.6 is 0 Å². The lowest BCUT2D eigenvalue weighted by Gasteiger charge is -2.13. The predicted octanol–water partition coefficient (Wildman–Crippen LogP) is 3.83. The number of alkyl halides is 3. The Kier molecular flexibility index (Phi) is 3.14. The monoisotopic (exact) mass is 253 g/mol. The van der Waals surface area contributed by atoms with Crippen LogP contribution in [0.15, 0.2) is 48.5 Å². The van der Waals surface area contributed by atoms with Crippen molar-refractivity contribution >= 4 is 5.69 Å². The van der Waals surface area contributed by atoms with Crippen LogP contribution in [0.1, 0.15) is 0 Å². The van der Waals surface area contributed by atoms with E-state index in [9.17, 15) is 13.2 Å². The quantitative estimate of drug-likeness (QED) is 0.825.